The normalized spacial score (nSPS) is 15.3. The zero-order valence-corrected chi connectivity index (χ0v) is 12.5. The van der Waals surface area contributed by atoms with Gasteiger partial charge in [0, 0.05) is 41.2 Å². The molecule has 0 bridgehead atoms. The van der Waals surface area contributed by atoms with Gasteiger partial charge in [-0.2, -0.15) is 0 Å². The number of likely N-dealkylation sites (N-methyl/N-ethyl adjacent to an activating group) is 1. The summed E-state index contributed by atoms with van der Waals surface area (Å²) in [5.41, 5.74) is 3.81. The van der Waals surface area contributed by atoms with Gasteiger partial charge in [0.2, 0.25) is 0 Å². The molecule has 3 rings (SSSR count). The van der Waals surface area contributed by atoms with Crippen LogP contribution in [0.4, 0.5) is 0 Å². The maximum Gasteiger partial charge on any atom is 0.160 e. The van der Waals surface area contributed by atoms with Gasteiger partial charge in [0.25, 0.3) is 0 Å². The van der Waals surface area contributed by atoms with Gasteiger partial charge in [-0.3, -0.25) is 14.7 Å². The summed E-state index contributed by atoms with van der Waals surface area (Å²) in [6.45, 7) is 6.57. The first kappa shape index (κ1) is 13.5. The summed E-state index contributed by atoms with van der Waals surface area (Å²) < 4.78 is 0. The van der Waals surface area contributed by atoms with E-state index < -0.39 is 0 Å². The van der Waals surface area contributed by atoms with E-state index in [2.05, 4.69) is 11.8 Å². The standard InChI is InChI=1S/C16H17ClN2O/c1-3-19-7-6-15-13(9-19)16(10(2)20)12-8-11(17)4-5-14(12)18-15/h4-5,8H,3,6-7,9H2,1-2H3. The van der Waals surface area contributed by atoms with Crippen LogP contribution in [0, 0.1) is 0 Å². The largest absolute Gasteiger partial charge is 0.299 e. The van der Waals surface area contributed by atoms with Gasteiger partial charge >= 0.3 is 0 Å². The van der Waals surface area contributed by atoms with Crippen molar-refractivity contribution in [2.45, 2.75) is 26.8 Å². The van der Waals surface area contributed by atoms with E-state index in [1.54, 1.807) is 6.92 Å². The quantitative estimate of drug-likeness (QED) is 0.794. The van der Waals surface area contributed by atoms with Gasteiger partial charge in [-0.15, -0.1) is 0 Å². The Morgan fingerprint density at radius 3 is 2.95 bits per heavy atom. The minimum atomic E-state index is 0.0915. The summed E-state index contributed by atoms with van der Waals surface area (Å²) in [7, 11) is 0. The van der Waals surface area contributed by atoms with Gasteiger partial charge in [0.05, 0.1) is 5.52 Å². The van der Waals surface area contributed by atoms with Crippen molar-refractivity contribution in [2.24, 2.45) is 0 Å². The van der Waals surface area contributed by atoms with Crippen molar-refractivity contribution in [1.82, 2.24) is 9.88 Å². The third kappa shape index (κ3) is 2.21. The van der Waals surface area contributed by atoms with Crippen molar-refractivity contribution in [1.29, 1.82) is 0 Å². The van der Waals surface area contributed by atoms with Crippen LogP contribution in [-0.2, 0) is 13.0 Å². The van der Waals surface area contributed by atoms with Crippen LogP contribution in [0.1, 0.15) is 35.5 Å². The first-order chi connectivity index (χ1) is 9.60. The minimum Gasteiger partial charge on any atom is -0.299 e. The minimum absolute atomic E-state index is 0.0915. The van der Waals surface area contributed by atoms with Crippen LogP contribution in [0.25, 0.3) is 10.9 Å². The monoisotopic (exact) mass is 288 g/mol. The van der Waals surface area contributed by atoms with Gasteiger partial charge in [0.15, 0.2) is 5.78 Å². The summed E-state index contributed by atoms with van der Waals surface area (Å²) in [6.07, 6.45) is 0.905. The first-order valence-corrected chi connectivity index (χ1v) is 7.32. The third-order valence-corrected chi connectivity index (χ3v) is 4.21. The lowest BCUT2D eigenvalue weighted by molar-refractivity contribution is 0.101. The van der Waals surface area contributed by atoms with Gasteiger partial charge < -0.3 is 0 Å². The number of hydrogen-bond donors (Lipinski definition) is 0. The Bertz CT molecular complexity index is 696. The fourth-order valence-electron chi connectivity index (χ4n) is 2.94. The van der Waals surface area contributed by atoms with Crippen LogP contribution in [0.5, 0.6) is 0 Å². The second kappa shape index (κ2) is 5.15. The summed E-state index contributed by atoms with van der Waals surface area (Å²) >= 11 is 6.08. The zero-order chi connectivity index (χ0) is 14.3. The van der Waals surface area contributed by atoms with Crippen molar-refractivity contribution in [2.75, 3.05) is 13.1 Å². The van der Waals surface area contributed by atoms with Crippen LogP contribution in [0.3, 0.4) is 0 Å². The number of carbonyl (C=O) groups excluding carboxylic acids is 1. The SMILES string of the molecule is CCN1CCc2nc3ccc(Cl)cc3c(C(C)=O)c2C1. The number of Topliss-reactive ketones (excluding diaryl/α,β-unsaturated/α-hetero) is 1. The Balaban J connectivity index is 2.30. The predicted molar refractivity (Wildman–Crippen MR) is 81.4 cm³/mol. The number of pyridine rings is 1. The van der Waals surface area contributed by atoms with Crippen LogP contribution >= 0.6 is 11.6 Å². The molecule has 0 fully saturated rings. The van der Waals surface area contributed by atoms with Crippen LogP contribution < -0.4 is 0 Å². The summed E-state index contributed by atoms with van der Waals surface area (Å²) in [5.74, 6) is 0.0915. The molecule has 1 aliphatic heterocycles. The topological polar surface area (TPSA) is 33.2 Å². The number of benzene rings is 1. The highest BCUT2D eigenvalue weighted by Crippen LogP contribution is 2.30. The second-order valence-corrected chi connectivity index (χ2v) is 5.68. The molecule has 0 spiro atoms. The summed E-state index contributed by atoms with van der Waals surface area (Å²) in [4.78, 5) is 19.2. The maximum atomic E-state index is 12.1. The van der Waals surface area contributed by atoms with Gasteiger partial charge in [-0.1, -0.05) is 18.5 Å². The molecule has 3 nitrogen and oxygen atoms in total. The van der Waals surface area contributed by atoms with Gasteiger partial charge in [-0.25, -0.2) is 0 Å². The number of hydrogen-bond acceptors (Lipinski definition) is 3. The Kier molecular flexibility index (Phi) is 3.48. The summed E-state index contributed by atoms with van der Waals surface area (Å²) in [5, 5.41) is 1.52. The predicted octanol–water partition coefficient (Wildman–Crippen LogP) is 3.47. The van der Waals surface area contributed by atoms with Crippen LogP contribution in [0.15, 0.2) is 18.2 Å². The highest BCUT2D eigenvalue weighted by molar-refractivity contribution is 6.31. The fraction of sp³-hybridized carbons (Fsp3) is 0.375. The molecule has 20 heavy (non-hydrogen) atoms. The van der Waals surface area contributed by atoms with E-state index in [9.17, 15) is 4.79 Å². The fourth-order valence-corrected chi connectivity index (χ4v) is 3.11. The molecule has 104 valence electrons. The number of aromatic nitrogens is 1. The van der Waals surface area contributed by atoms with Crippen LogP contribution in [0.2, 0.25) is 5.02 Å². The van der Waals surface area contributed by atoms with E-state index in [4.69, 9.17) is 16.6 Å². The Labute approximate surface area is 123 Å². The molecule has 0 amide bonds. The highest BCUT2D eigenvalue weighted by atomic mass is 35.5. The lowest BCUT2D eigenvalue weighted by atomic mass is 9.94. The molecule has 0 saturated heterocycles. The number of halogens is 1. The molecule has 0 saturated carbocycles. The molecule has 0 atom stereocenters. The molecular weight excluding hydrogens is 272 g/mol. The molecule has 1 aromatic carbocycles. The highest BCUT2D eigenvalue weighted by Gasteiger charge is 2.23. The van der Waals surface area contributed by atoms with E-state index in [1.165, 1.54) is 0 Å². The number of carbonyl (C=O) groups is 1. The maximum absolute atomic E-state index is 12.1. The lowest BCUT2D eigenvalue weighted by Crippen LogP contribution is -2.32. The van der Waals surface area contributed by atoms with Crippen molar-refractivity contribution in [3.63, 3.8) is 0 Å². The molecule has 2 heterocycles. The Morgan fingerprint density at radius 1 is 1.45 bits per heavy atom. The molecule has 4 heteroatoms. The zero-order valence-electron chi connectivity index (χ0n) is 11.7. The molecule has 1 aromatic heterocycles. The number of ketones is 1. The van der Waals surface area contributed by atoms with E-state index in [0.29, 0.717) is 5.02 Å². The van der Waals surface area contributed by atoms with E-state index in [0.717, 1.165) is 53.8 Å². The average Bonchev–Trinajstić information content (AvgIpc) is 2.43. The molecule has 0 N–H and O–H groups in total. The number of rotatable bonds is 2. The third-order valence-electron chi connectivity index (χ3n) is 3.98. The molecule has 0 radical (unpaired) electrons. The molecule has 0 unspecified atom stereocenters. The van der Waals surface area contributed by atoms with E-state index in [-0.39, 0.29) is 5.78 Å². The second-order valence-electron chi connectivity index (χ2n) is 5.25. The lowest BCUT2D eigenvalue weighted by Gasteiger charge is -2.28. The van der Waals surface area contributed by atoms with Crippen molar-refractivity contribution in [3.8, 4) is 0 Å². The Morgan fingerprint density at radius 2 is 2.25 bits per heavy atom. The van der Waals surface area contributed by atoms with Crippen molar-refractivity contribution >= 4 is 28.3 Å². The molecule has 2 aromatic rings. The van der Waals surface area contributed by atoms with Gasteiger partial charge in [-0.05, 0) is 37.2 Å². The smallest absolute Gasteiger partial charge is 0.160 e. The van der Waals surface area contributed by atoms with Crippen molar-refractivity contribution < 1.29 is 4.79 Å². The number of nitrogens with zero attached hydrogens (tertiary/aromatic N) is 2. The van der Waals surface area contributed by atoms with Gasteiger partial charge in [0.1, 0.15) is 0 Å². The Hall–Kier alpha value is -1.45. The number of fused-ring (bicyclic) bond motifs is 2. The van der Waals surface area contributed by atoms with E-state index >= 15 is 0 Å². The molecule has 1 aliphatic rings. The molecular formula is C16H17ClN2O. The van der Waals surface area contributed by atoms with E-state index in [1.807, 2.05) is 18.2 Å². The summed E-state index contributed by atoms with van der Waals surface area (Å²) in [6, 6.07) is 5.58. The van der Waals surface area contributed by atoms with Crippen molar-refractivity contribution in [3.05, 3.63) is 40.0 Å². The average molecular weight is 289 g/mol. The van der Waals surface area contributed by atoms with Crippen LogP contribution in [-0.4, -0.2) is 28.8 Å². The molecule has 0 aliphatic carbocycles. The first-order valence-electron chi connectivity index (χ1n) is 6.94.